The molecule has 0 bridgehead atoms. The van der Waals surface area contributed by atoms with Gasteiger partial charge in [0.15, 0.2) is 0 Å². The molecular weight excluding hydrogens is 266 g/mol. The van der Waals surface area contributed by atoms with E-state index in [0.29, 0.717) is 17.6 Å². The minimum Gasteiger partial charge on any atom is -0.475 e. The van der Waals surface area contributed by atoms with E-state index >= 15 is 0 Å². The van der Waals surface area contributed by atoms with Crippen molar-refractivity contribution in [2.24, 2.45) is 0 Å². The number of aromatic nitrogens is 2. The minimum absolute atomic E-state index is 0.0226. The van der Waals surface area contributed by atoms with Crippen molar-refractivity contribution in [2.45, 2.75) is 6.54 Å². The third-order valence-electron chi connectivity index (χ3n) is 2.36. The Kier molecular flexibility index (Phi) is 4.94. The number of aliphatic hydroxyl groups excluding tert-OH is 1. The van der Waals surface area contributed by atoms with Crippen LogP contribution in [0.2, 0.25) is 5.15 Å². The van der Waals surface area contributed by atoms with Crippen molar-refractivity contribution in [1.29, 1.82) is 0 Å². The first-order chi connectivity index (χ1) is 9.28. The standard InChI is InChI=1S/C13H14ClN3O2/c14-12-3-1-10(8-16-12)7-15-11-2-4-13(17-9-11)19-6-5-18/h1-4,8-9,15,18H,5-7H2. The van der Waals surface area contributed by atoms with E-state index in [9.17, 15) is 0 Å². The van der Waals surface area contributed by atoms with Gasteiger partial charge in [0.2, 0.25) is 5.88 Å². The van der Waals surface area contributed by atoms with Crippen LogP contribution in [0.5, 0.6) is 5.88 Å². The van der Waals surface area contributed by atoms with Crippen molar-refractivity contribution in [1.82, 2.24) is 9.97 Å². The number of nitrogens with zero attached hydrogens (tertiary/aromatic N) is 2. The molecule has 0 saturated carbocycles. The van der Waals surface area contributed by atoms with Crippen LogP contribution in [-0.4, -0.2) is 28.3 Å². The lowest BCUT2D eigenvalue weighted by Gasteiger charge is -2.07. The summed E-state index contributed by atoms with van der Waals surface area (Å²) < 4.78 is 5.17. The zero-order valence-electron chi connectivity index (χ0n) is 10.2. The Morgan fingerprint density at radius 1 is 1.16 bits per heavy atom. The van der Waals surface area contributed by atoms with Gasteiger partial charge in [-0.15, -0.1) is 0 Å². The summed E-state index contributed by atoms with van der Waals surface area (Å²) in [6, 6.07) is 7.28. The van der Waals surface area contributed by atoms with Crippen molar-refractivity contribution in [2.75, 3.05) is 18.5 Å². The molecule has 0 saturated heterocycles. The fraction of sp³-hybridized carbons (Fsp3) is 0.231. The zero-order valence-corrected chi connectivity index (χ0v) is 11.0. The van der Waals surface area contributed by atoms with Gasteiger partial charge < -0.3 is 15.2 Å². The number of anilines is 1. The Morgan fingerprint density at radius 2 is 2.05 bits per heavy atom. The Labute approximate surface area is 116 Å². The molecule has 0 amide bonds. The predicted octanol–water partition coefficient (Wildman–Crippen LogP) is 2.11. The first-order valence-corrected chi connectivity index (χ1v) is 6.20. The van der Waals surface area contributed by atoms with Crippen LogP contribution in [0.3, 0.4) is 0 Å². The molecule has 100 valence electrons. The van der Waals surface area contributed by atoms with E-state index in [0.717, 1.165) is 11.3 Å². The van der Waals surface area contributed by atoms with Gasteiger partial charge in [-0.1, -0.05) is 17.7 Å². The average molecular weight is 280 g/mol. The number of nitrogens with one attached hydrogen (secondary N) is 1. The molecule has 2 aromatic heterocycles. The highest BCUT2D eigenvalue weighted by Crippen LogP contribution is 2.13. The highest BCUT2D eigenvalue weighted by molar-refractivity contribution is 6.29. The molecule has 0 unspecified atom stereocenters. The summed E-state index contributed by atoms with van der Waals surface area (Å²) in [7, 11) is 0. The van der Waals surface area contributed by atoms with E-state index < -0.39 is 0 Å². The molecule has 5 nitrogen and oxygen atoms in total. The molecule has 0 aliphatic rings. The van der Waals surface area contributed by atoms with E-state index in [4.69, 9.17) is 21.4 Å². The van der Waals surface area contributed by atoms with Crippen molar-refractivity contribution in [3.05, 3.63) is 47.4 Å². The third kappa shape index (κ3) is 4.39. The van der Waals surface area contributed by atoms with E-state index in [2.05, 4.69) is 15.3 Å². The van der Waals surface area contributed by atoms with E-state index in [1.54, 1.807) is 24.5 Å². The molecule has 2 rings (SSSR count). The Morgan fingerprint density at radius 3 is 2.68 bits per heavy atom. The highest BCUT2D eigenvalue weighted by Gasteiger charge is 1.98. The second kappa shape index (κ2) is 6.92. The van der Waals surface area contributed by atoms with Gasteiger partial charge in [0.05, 0.1) is 18.5 Å². The van der Waals surface area contributed by atoms with Crippen LogP contribution in [0.1, 0.15) is 5.56 Å². The normalized spacial score (nSPS) is 10.2. The summed E-state index contributed by atoms with van der Waals surface area (Å²) in [6.07, 6.45) is 3.40. The number of hydrogen-bond donors (Lipinski definition) is 2. The van der Waals surface area contributed by atoms with Crippen LogP contribution in [0, 0.1) is 0 Å². The molecule has 2 N–H and O–H groups in total. The van der Waals surface area contributed by atoms with Gasteiger partial charge >= 0.3 is 0 Å². The van der Waals surface area contributed by atoms with E-state index in [1.165, 1.54) is 0 Å². The number of pyridine rings is 2. The summed E-state index contributed by atoms with van der Waals surface area (Å²) in [5, 5.41) is 12.3. The van der Waals surface area contributed by atoms with Gasteiger partial charge in [-0.05, 0) is 17.7 Å². The number of aliphatic hydroxyl groups is 1. The largest absolute Gasteiger partial charge is 0.475 e. The van der Waals surface area contributed by atoms with Crippen molar-refractivity contribution >= 4 is 17.3 Å². The maximum absolute atomic E-state index is 8.63. The molecule has 0 aliphatic carbocycles. The highest BCUT2D eigenvalue weighted by atomic mass is 35.5. The topological polar surface area (TPSA) is 67.3 Å². The summed E-state index contributed by atoms with van der Waals surface area (Å²) in [6.45, 7) is 0.865. The van der Waals surface area contributed by atoms with Crippen molar-refractivity contribution in [3.8, 4) is 5.88 Å². The molecule has 0 atom stereocenters. The maximum Gasteiger partial charge on any atom is 0.213 e. The molecule has 0 radical (unpaired) electrons. The Hall–Kier alpha value is -1.85. The second-order valence-electron chi connectivity index (χ2n) is 3.80. The van der Waals surface area contributed by atoms with Gasteiger partial charge in [0, 0.05) is 18.8 Å². The van der Waals surface area contributed by atoms with Crippen LogP contribution < -0.4 is 10.1 Å². The monoisotopic (exact) mass is 279 g/mol. The van der Waals surface area contributed by atoms with E-state index in [1.807, 2.05) is 12.1 Å². The zero-order chi connectivity index (χ0) is 13.5. The predicted molar refractivity (Wildman–Crippen MR) is 73.4 cm³/mol. The number of ether oxygens (including phenoxy) is 1. The van der Waals surface area contributed by atoms with E-state index in [-0.39, 0.29) is 13.2 Å². The molecular formula is C13H14ClN3O2. The van der Waals surface area contributed by atoms with Gasteiger partial charge in [-0.3, -0.25) is 0 Å². The number of halogens is 1. The quantitative estimate of drug-likeness (QED) is 0.793. The first-order valence-electron chi connectivity index (χ1n) is 5.82. The van der Waals surface area contributed by atoms with Crippen molar-refractivity contribution in [3.63, 3.8) is 0 Å². The van der Waals surface area contributed by atoms with Crippen molar-refractivity contribution < 1.29 is 9.84 Å². The maximum atomic E-state index is 8.63. The fourth-order valence-corrected chi connectivity index (χ4v) is 1.55. The van der Waals surface area contributed by atoms with Gasteiger partial charge in [-0.2, -0.15) is 0 Å². The molecule has 0 fully saturated rings. The lowest BCUT2D eigenvalue weighted by atomic mass is 10.3. The minimum atomic E-state index is -0.0226. The first kappa shape index (κ1) is 13.6. The van der Waals surface area contributed by atoms with Gasteiger partial charge in [0.25, 0.3) is 0 Å². The molecule has 2 heterocycles. The molecule has 0 aliphatic heterocycles. The summed E-state index contributed by atoms with van der Waals surface area (Å²) in [4.78, 5) is 8.12. The Bertz CT molecular complexity index is 502. The van der Waals surface area contributed by atoms with Crippen LogP contribution >= 0.6 is 11.6 Å². The van der Waals surface area contributed by atoms with Crippen LogP contribution in [0.4, 0.5) is 5.69 Å². The second-order valence-corrected chi connectivity index (χ2v) is 4.19. The van der Waals surface area contributed by atoms with Gasteiger partial charge in [-0.25, -0.2) is 9.97 Å². The van der Waals surface area contributed by atoms with Crippen LogP contribution in [0.15, 0.2) is 36.7 Å². The SMILES string of the molecule is OCCOc1ccc(NCc2ccc(Cl)nc2)cn1. The summed E-state index contributed by atoms with van der Waals surface area (Å²) in [5.74, 6) is 0.493. The summed E-state index contributed by atoms with van der Waals surface area (Å²) in [5.41, 5.74) is 1.91. The number of hydrogen-bond acceptors (Lipinski definition) is 5. The molecule has 6 heteroatoms. The lowest BCUT2D eigenvalue weighted by Crippen LogP contribution is -2.04. The fourth-order valence-electron chi connectivity index (χ4n) is 1.44. The number of rotatable bonds is 6. The lowest BCUT2D eigenvalue weighted by molar-refractivity contribution is 0.196. The average Bonchev–Trinajstić information content (AvgIpc) is 2.46. The third-order valence-corrected chi connectivity index (χ3v) is 2.59. The molecule has 0 spiro atoms. The van der Waals surface area contributed by atoms with Crippen LogP contribution in [0.25, 0.3) is 0 Å². The summed E-state index contributed by atoms with van der Waals surface area (Å²) >= 11 is 5.71. The van der Waals surface area contributed by atoms with Gasteiger partial charge in [0.1, 0.15) is 11.8 Å². The molecule has 2 aromatic rings. The molecule has 0 aromatic carbocycles. The smallest absolute Gasteiger partial charge is 0.213 e. The van der Waals surface area contributed by atoms with Crippen LogP contribution in [-0.2, 0) is 6.54 Å². The Balaban J connectivity index is 1.87. The molecule has 19 heavy (non-hydrogen) atoms.